The van der Waals surface area contributed by atoms with Gasteiger partial charge in [-0.3, -0.25) is 9.59 Å². The van der Waals surface area contributed by atoms with Crippen molar-refractivity contribution >= 4 is 23.7 Å². The molecule has 0 heterocycles. The topological polar surface area (TPSA) is 34.1 Å². The Morgan fingerprint density at radius 3 is 1.87 bits per heavy atom. The number of fused-ring (bicyclic) bond motifs is 2. The third-order valence-electron chi connectivity index (χ3n) is 9.91. The molecule has 0 aliphatic heterocycles. The molecule has 30 heavy (non-hydrogen) atoms. The molecule has 1 aromatic carbocycles. The van der Waals surface area contributed by atoms with Gasteiger partial charge >= 0.3 is 0 Å². The predicted molar refractivity (Wildman–Crippen MR) is 124 cm³/mol. The van der Waals surface area contributed by atoms with Gasteiger partial charge in [-0.15, -0.1) is 0 Å². The summed E-state index contributed by atoms with van der Waals surface area (Å²) in [6, 6.07) is 8.27. The number of ketones is 2. The first-order valence-electron chi connectivity index (χ1n) is 11.4. The molecule has 3 aliphatic carbocycles. The number of carbonyl (C=O) groups excluding carboxylic acids is 2. The Labute approximate surface area is 181 Å². The van der Waals surface area contributed by atoms with Gasteiger partial charge in [0.2, 0.25) is 0 Å². The van der Waals surface area contributed by atoms with E-state index in [9.17, 15) is 9.59 Å². The Kier molecular flexibility index (Phi) is 4.45. The van der Waals surface area contributed by atoms with Crippen LogP contribution in [0.15, 0.2) is 35.4 Å². The standard InChI is InChI=1S/C28H36O2/c1-17-20(23(29)27(6,7)25(17,2)3)15-18-10-9-11-19(14-18)16-21-22-12-13-28(8,24(21)30)26(22,4)5/h9-11,14-17,22H,12-13H2,1-8H3/b20-15+,21-16+. The third kappa shape index (κ3) is 2.55. The molecule has 0 aromatic heterocycles. The van der Waals surface area contributed by atoms with Crippen LogP contribution in [0.5, 0.6) is 0 Å². The summed E-state index contributed by atoms with van der Waals surface area (Å²) in [6.07, 6.45) is 6.27. The van der Waals surface area contributed by atoms with Gasteiger partial charge in [-0.2, -0.15) is 0 Å². The molecule has 0 spiro atoms. The molecule has 4 rings (SSSR count). The van der Waals surface area contributed by atoms with E-state index in [1.54, 1.807) is 0 Å². The van der Waals surface area contributed by atoms with Crippen LogP contribution in [0, 0.1) is 33.5 Å². The summed E-state index contributed by atoms with van der Waals surface area (Å²) < 4.78 is 0. The van der Waals surface area contributed by atoms with Crippen LogP contribution >= 0.6 is 0 Å². The van der Waals surface area contributed by atoms with Gasteiger partial charge in [-0.05, 0) is 76.0 Å². The number of benzene rings is 1. The second-order valence-electron chi connectivity index (χ2n) is 11.7. The van der Waals surface area contributed by atoms with Crippen LogP contribution in [0.3, 0.4) is 0 Å². The van der Waals surface area contributed by atoms with Gasteiger partial charge in [0.15, 0.2) is 11.6 Å². The number of carbonyl (C=O) groups is 2. The number of hydrogen-bond donors (Lipinski definition) is 0. The zero-order valence-electron chi connectivity index (χ0n) is 19.8. The molecule has 2 bridgehead atoms. The molecule has 3 fully saturated rings. The lowest BCUT2D eigenvalue weighted by atomic mass is 9.67. The molecule has 160 valence electrons. The molecule has 2 nitrogen and oxygen atoms in total. The highest BCUT2D eigenvalue weighted by atomic mass is 16.1. The molecular weight excluding hydrogens is 368 g/mol. The van der Waals surface area contributed by atoms with E-state index in [0.717, 1.165) is 35.1 Å². The number of rotatable bonds is 2. The van der Waals surface area contributed by atoms with Crippen molar-refractivity contribution in [3.63, 3.8) is 0 Å². The zero-order valence-corrected chi connectivity index (χ0v) is 19.8. The van der Waals surface area contributed by atoms with E-state index in [2.05, 4.69) is 85.7 Å². The smallest absolute Gasteiger partial charge is 0.165 e. The lowest BCUT2D eigenvalue weighted by Crippen LogP contribution is -2.34. The predicted octanol–water partition coefficient (Wildman–Crippen LogP) is 6.75. The summed E-state index contributed by atoms with van der Waals surface area (Å²) in [6.45, 7) is 17.3. The Morgan fingerprint density at radius 2 is 1.40 bits per heavy atom. The largest absolute Gasteiger partial charge is 0.294 e. The first kappa shape index (κ1) is 21.3. The molecular formula is C28H36O2. The molecule has 0 amide bonds. The van der Waals surface area contributed by atoms with Crippen LogP contribution in [0.25, 0.3) is 12.2 Å². The van der Waals surface area contributed by atoms with Crippen LogP contribution in [-0.2, 0) is 9.59 Å². The van der Waals surface area contributed by atoms with Gasteiger partial charge < -0.3 is 0 Å². The van der Waals surface area contributed by atoms with E-state index >= 15 is 0 Å². The Morgan fingerprint density at radius 1 is 0.833 bits per heavy atom. The molecule has 3 aliphatic rings. The van der Waals surface area contributed by atoms with Crippen LogP contribution in [-0.4, -0.2) is 11.6 Å². The van der Waals surface area contributed by atoms with Gasteiger partial charge in [-0.1, -0.05) is 73.6 Å². The van der Waals surface area contributed by atoms with Crippen molar-refractivity contribution in [3.05, 3.63) is 46.5 Å². The van der Waals surface area contributed by atoms with E-state index in [4.69, 9.17) is 0 Å². The highest BCUT2D eigenvalue weighted by Crippen LogP contribution is 2.65. The van der Waals surface area contributed by atoms with E-state index < -0.39 is 0 Å². The second kappa shape index (κ2) is 6.28. The highest BCUT2D eigenvalue weighted by molar-refractivity contribution is 6.08. The summed E-state index contributed by atoms with van der Waals surface area (Å²) in [7, 11) is 0. The average molecular weight is 405 g/mol. The van der Waals surface area contributed by atoms with Crippen LogP contribution in [0.2, 0.25) is 0 Å². The van der Waals surface area contributed by atoms with Gasteiger partial charge in [0.05, 0.1) is 0 Å². The molecule has 1 aromatic rings. The molecule has 3 saturated carbocycles. The fourth-order valence-corrected chi connectivity index (χ4v) is 6.16. The second-order valence-corrected chi connectivity index (χ2v) is 11.7. The van der Waals surface area contributed by atoms with Crippen molar-refractivity contribution in [2.75, 3.05) is 0 Å². The van der Waals surface area contributed by atoms with Gasteiger partial charge in [-0.25, -0.2) is 0 Å². The van der Waals surface area contributed by atoms with Gasteiger partial charge in [0, 0.05) is 10.8 Å². The molecule has 0 N–H and O–H groups in total. The first-order valence-corrected chi connectivity index (χ1v) is 11.4. The van der Waals surface area contributed by atoms with Crippen molar-refractivity contribution in [2.24, 2.45) is 33.5 Å². The van der Waals surface area contributed by atoms with E-state index in [-0.39, 0.29) is 33.4 Å². The molecule has 2 heteroatoms. The Hall–Kier alpha value is -1.96. The fraction of sp³-hybridized carbons (Fsp3) is 0.571. The van der Waals surface area contributed by atoms with Gasteiger partial charge in [0.25, 0.3) is 0 Å². The minimum Gasteiger partial charge on any atom is -0.294 e. The van der Waals surface area contributed by atoms with Crippen LogP contribution in [0.1, 0.15) is 79.4 Å². The number of allylic oxidation sites excluding steroid dienone is 2. The quantitative estimate of drug-likeness (QED) is 0.511. The minimum atomic E-state index is -0.367. The minimum absolute atomic E-state index is 0.0262. The number of Topliss-reactive ketones (excluding diaryl/α,β-unsaturated/α-hetero) is 2. The van der Waals surface area contributed by atoms with Gasteiger partial charge in [0.1, 0.15) is 0 Å². The molecule has 3 atom stereocenters. The zero-order chi connectivity index (χ0) is 22.3. The molecule has 0 saturated heterocycles. The fourth-order valence-electron chi connectivity index (χ4n) is 6.16. The van der Waals surface area contributed by atoms with Crippen molar-refractivity contribution in [2.45, 2.75) is 68.2 Å². The summed E-state index contributed by atoms with van der Waals surface area (Å²) in [5.41, 5.74) is 3.35. The van der Waals surface area contributed by atoms with Crippen molar-refractivity contribution in [1.82, 2.24) is 0 Å². The summed E-state index contributed by atoms with van der Waals surface area (Å²) >= 11 is 0. The normalized spacial score (nSPS) is 36.3. The summed E-state index contributed by atoms with van der Waals surface area (Å²) in [5, 5.41) is 0. The van der Waals surface area contributed by atoms with Crippen LogP contribution in [0.4, 0.5) is 0 Å². The number of hydrogen-bond acceptors (Lipinski definition) is 2. The third-order valence-corrected chi connectivity index (χ3v) is 9.91. The van der Waals surface area contributed by atoms with Crippen molar-refractivity contribution < 1.29 is 9.59 Å². The first-order chi connectivity index (χ1) is 13.7. The maximum Gasteiger partial charge on any atom is 0.165 e. The molecule has 3 unspecified atom stereocenters. The Bertz CT molecular complexity index is 966. The SMILES string of the molecule is CC1/C(=C\c2cccc(/C=C3/C(=O)C4(C)CCC3C4(C)C)c2)C(=O)C(C)(C)C1(C)C. The highest BCUT2D eigenvalue weighted by Gasteiger charge is 2.63. The maximum atomic E-state index is 13.2. The Balaban J connectivity index is 1.71. The summed E-state index contributed by atoms with van der Waals surface area (Å²) in [4.78, 5) is 26.3. The monoisotopic (exact) mass is 404 g/mol. The van der Waals surface area contributed by atoms with E-state index in [0.29, 0.717) is 11.7 Å². The van der Waals surface area contributed by atoms with Crippen molar-refractivity contribution in [3.8, 4) is 0 Å². The summed E-state index contributed by atoms with van der Waals surface area (Å²) in [5.74, 6) is 1.13. The lowest BCUT2D eigenvalue weighted by molar-refractivity contribution is -0.125. The van der Waals surface area contributed by atoms with Crippen molar-refractivity contribution in [1.29, 1.82) is 0 Å². The van der Waals surface area contributed by atoms with Crippen LogP contribution < -0.4 is 0 Å². The van der Waals surface area contributed by atoms with E-state index in [1.165, 1.54) is 0 Å². The maximum absolute atomic E-state index is 13.2. The van der Waals surface area contributed by atoms with E-state index in [1.807, 2.05) is 6.07 Å². The average Bonchev–Trinajstić information content (AvgIpc) is 3.03. The lowest BCUT2D eigenvalue weighted by Gasteiger charge is -2.35. The molecule has 0 radical (unpaired) electrons.